The molecule has 11 heteroatoms. The molecule has 0 spiro atoms. The lowest BCUT2D eigenvalue weighted by atomic mass is 9.85. The van der Waals surface area contributed by atoms with E-state index in [1.54, 1.807) is 18.3 Å². The highest BCUT2D eigenvalue weighted by Crippen LogP contribution is 2.34. The minimum Gasteiger partial charge on any atom is -0.381 e. The average Bonchev–Trinajstić information content (AvgIpc) is 3.52. The fourth-order valence-electron chi connectivity index (χ4n) is 4.50. The Morgan fingerprint density at radius 1 is 1.23 bits per heavy atom. The van der Waals surface area contributed by atoms with Crippen molar-refractivity contribution in [1.82, 2.24) is 34.2 Å². The summed E-state index contributed by atoms with van der Waals surface area (Å²) in [6, 6.07) is 8.06. The summed E-state index contributed by atoms with van der Waals surface area (Å²) >= 11 is 0. The van der Waals surface area contributed by atoms with E-state index in [-0.39, 0.29) is 12.1 Å². The second kappa shape index (κ2) is 8.98. The Kier molecular flexibility index (Phi) is 5.84. The number of nitriles is 1. The largest absolute Gasteiger partial charge is 0.381 e. The summed E-state index contributed by atoms with van der Waals surface area (Å²) in [5.41, 5.74) is 0.119. The second-order valence-corrected chi connectivity index (χ2v) is 8.57. The Labute approximate surface area is 199 Å². The quantitative estimate of drug-likeness (QED) is 0.455. The van der Waals surface area contributed by atoms with Gasteiger partial charge in [-0.15, -0.1) is 0 Å². The van der Waals surface area contributed by atoms with E-state index < -0.39 is 23.3 Å². The van der Waals surface area contributed by atoms with Crippen LogP contribution in [0.4, 0.5) is 8.78 Å². The third-order valence-corrected chi connectivity index (χ3v) is 6.51. The highest BCUT2D eigenvalue weighted by atomic mass is 19.1. The zero-order valence-electron chi connectivity index (χ0n) is 18.9. The number of imidazole rings is 1. The number of aliphatic hydroxyl groups is 1. The van der Waals surface area contributed by atoms with Crippen molar-refractivity contribution >= 4 is 0 Å². The van der Waals surface area contributed by atoms with Crippen LogP contribution in [0.2, 0.25) is 0 Å². The van der Waals surface area contributed by atoms with Crippen molar-refractivity contribution in [3.63, 3.8) is 0 Å². The van der Waals surface area contributed by atoms with E-state index in [0.29, 0.717) is 25.3 Å². The van der Waals surface area contributed by atoms with Crippen LogP contribution in [0.25, 0.3) is 11.3 Å². The Hall–Kier alpha value is -4.01. The Bertz CT molecular complexity index is 1380. The van der Waals surface area contributed by atoms with E-state index in [4.69, 9.17) is 10.2 Å². The van der Waals surface area contributed by atoms with Gasteiger partial charge in [-0.05, 0) is 25.1 Å². The van der Waals surface area contributed by atoms with Crippen molar-refractivity contribution in [2.45, 2.75) is 38.2 Å². The molecule has 0 aliphatic carbocycles. The molecule has 4 aromatic rings. The average molecular weight is 476 g/mol. The molecule has 0 saturated heterocycles. The molecule has 1 aromatic carbocycles. The number of hydrogen-bond acceptors (Lipinski definition) is 7. The summed E-state index contributed by atoms with van der Waals surface area (Å²) in [5, 5.41) is 24.9. The number of aromatic nitrogens is 6. The molecule has 2 unspecified atom stereocenters. The van der Waals surface area contributed by atoms with Crippen LogP contribution in [0.5, 0.6) is 0 Å². The van der Waals surface area contributed by atoms with Gasteiger partial charge in [-0.25, -0.2) is 28.4 Å². The molecule has 2 atom stereocenters. The lowest BCUT2D eigenvalue weighted by Crippen LogP contribution is -2.53. The van der Waals surface area contributed by atoms with Gasteiger partial charge in [-0.1, -0.05) is 6.07 Å². The number of halogens is 2. The monoisotopic (exact) mass is 476 g/mol. The molecule has 0 bridgehead atoms. The zero-order valence-corrected chi connectivity index (χ0v) is 18.9. The molecule has 4 heterocycles. The Morgan fingerprint density at radius 2 is 2.09 bits per heavy atom. The van der Waals surface area contributed by atoms with Gasteiger partial charge in [-0.2, -0.15) is 10.4 Å². The van der Waals surface area contributed by atoms with Crippen molar-refractivity contribution < 1.29 is 13.9 Å². The third kappa shape index (κ3) is 4.29. The van der Waals surface area contributed by atoms with Gasteiger partial charge in [-0.3, -0.25) is 4.90 Å². The molecule has 0 fully saturated rings. The molecule has 0 saturated carbocycles. The normalized spacial score (nSPS) is 16.3. The summed E-state index contributed by atoms with van der Waals surface area (Å²) in [6.07, 6.45) is 6.33. The first-order valence-corrected chi connectivity index (χ1v) is 11.0. The van der Waals surface area contributed by atoms with E-state index in [9.17, 15) is 13.9 Å². The molecule has 1 N–H and O–H groups in total. The molecule has 3 aromatic heterocycles. The summed E-state index contributed by atoms with van der Waals surface area (Å²) in [5.74, 6) is -0.759. The first kappa shape index (κ1) is 22.8. The molecule has 178 valence electrons. The number of fused-ring (bicyclic) bond motifs is 1. The maximum atomic E-state index is 14.9. The number of nitrogens with zero attached hydrogens (tertiary/aromatic N) is 8. The molecule has 35 heavy (non-hydrogen) atoms. The molecule has 1 aliphatic rings. The molecule has 0 radical (unpaired) electrons. The van der Waals surface area contributed by atoms with E-state index in [1.807, 2.05) is 28.7 Å². The van der Waals surface area contributed by atoms with Gasteiger partial charge in [0.1, 0.15) is 47.5 Å². The van der Waals surface area contributed by atoms with Crippen LogP contribution in [0.3, 0.4) is 0 Å². The SMILES string of the molecule is CC(N1CCn2cc(-c3ccc(C#N)nc3)nc2C1)C(O)(Cn1cncn1)c1ccc(F)cc1F. The standard InChI is InChI=1S/C24H22F2N8O/c1-16(24(35,13-34-15-28-14-30-34)20-5-3-18(25)8-21(20)26)32-6-7-33-11-22(31-23(33)12-32)17-2-4-19(9-27)29-10-17/h2-5,8,10-11,14-16,35H,6-7,12-13H2,1H3. The van der Waals surface area contributed by atoms with E-state index in [1.165, 1.54) is 23.4 Å². The maximum Gasteiger partial charge on any atom is 0.140 e. The van der Waals surface area contributed by atoms with Gasteiger partial charge in [0, 0.05) is 48.7 Å². The number of hydrogen-bond donors (Lipinski definition) is 1. The summed E-state index contributed by atoms with van der Waals surface area (Å²) < 4.78 is 32.0. The van der Waals surface area contributed by atoms with E-state index in [0.717, 1.165) is 29.2 Å². The maximum absolute atomic E-state index is 14.9. The van der Waals surface area contributed by atoms with Gasteiger partial charge in [0.2, 0.25) is 0 Å². The van der Waals surface area contributed by atoms with Crippen molar-refractivity contribution in [2.24, 2.45) is 0 Å². The Balaban J connectivity index is 1.44. The number of benzene rings is 1. The van der Waals surface area contributed by atoms with Gasteiger partial charge in [0.25, 0.3) is 0 Å². The summed E-state index contributed by atoms with van der Waals surface area (Å²) in [4.78, 5) is 14.8. The van der Waals surface area contributed by atoms with Crippen molar-refractivity contribution in [2.75, 3.05) is 6.54 Å². The lowest BCUT2D eigenvalue weighted by Gasteiger charge is -2.42. The van der Waals surface area contributed by atoms with Gasteiger partial charge in [0.05, 0.1) is 18.8 Å². The van der Waals surface area contributed by atoms with Crippen LogP contribution in [0.15, 0.2) is 55.4 Å². The third-order valence-electron chi connectivity index (χ3n) is 6.51. The zero-order chi connectivity index (χ0) is 24.6. The Morgan fingerprint density at radius 3 is 2.77 bits per heavy atom. The van der Waals surface area contributed by atoms with Crippen LogP contribution < -0.4 is 0 Å². The van der Waals surface area contributed by atoms with E-state index in [2.05, 4.69) is 15.1 Å². The molecule has 9 nitrogen and oxygen atoms in total. The lowest BCUT2D eigenvalue weighted by molar-refractivity contribution is -0.0709. The summed E-state index contributed by atoms with van der Waals surface area (Å²) in [6.45, 7) is 3.35. The predicted molar refractivity (Wildman–Crippen MR) is 120 cm³/mol. The predicted octanol–water partition coefficient (Wildman–Crippen LogP) is 2.48. The first-order valence-electron chi connectivity index (χ1n) is 11.0. The minimum atomic E-state index is -1.72. The summed E-state index contributed by atoms with van der Waals surface area (Å²) in [7, 11) is 0. The molecular weight excluding hydrogens is 454 g/mol. The second-order valence-electron chi connectivity index (χ2n) is 8.57. The van der Waals surface area contributed by atoms with Crippen molar-refractivity contribution in [3.8, 4) is 17.3 Å². The fourth-order valence-corrected chi connectivity index (χ4v) is 4.50. The van der Waals surface area contributed by atoms with Crippen molar-refractivity contribution in [1.29, 1.82) is 5.26 Å². The highest BCUT2D eigenvalue weighted by Gasteiger charge is 2.43. The molecule has 0 amide bonds. The van der Waals surface area contributed by atoms with Crippen LogP contribution in [-0.2, 0) is 25.2 Å². The minimum absolute atomic E-state index is 0.0137. The van der Waals surface area contributed by atoms with Crippen LogP contribution in [-0.4, -0.2) is 51.9 Å². The topological polar surface area (TPSA) is 109 Å². The fraction of sp³-hybridized carbons (Fsp3) is 0.292. The van der Waals surface area contributed by atoms with Gasteiger partial charge < -0.3 is 9.67 Å². The number of pyridine rings is 1. The van der Waals surface area contributed by atoms with Gasteiger partial charge in [0.15, 0.2) is 0 Å². The number of rotatable bonds is 6. The smallest absolute Gasteiger partial charge is 0.140 e. The van der Waals surface area contributed by atoms with Gasteiger partial charge >= 0.3 is 0 Å². The molecular formula is C24H22F2N8O. The van der Waals surface area contributed by atoms with Crippen LogP contribution in [0.1, 0.15) is 24.0 Å². The van der Waals surface area contributed by atoms with Crippen LogP contribution in [0, 0.1) is 23.0 Å². The van der Waals surface area contributed by atoms with E-state index >= 15 is 0 Å². The van der Waals surface area contributed by atoms with Crippen LogP contribution >= 0.6 is 0 Å². The molecule has 5 rings (SSSR count). The van der Waals surface area contributed by atoms with Crippen molar-refractivity contribution in [3.05, 3.63) is 84.1 Å². The molecule has 1 aliphatic heterocycles. The first-order chi connectivity index (χ1) is 16.9. The highest BCUT2D eigenvalue weighted by molar-refractivity contribution is 5.58.